The molecule has 0 fully saturated rings. The second-order valence-corrected chi connectivity index (χ2v) is 4.99. The summed E-state index contributed by atoms with van der Waals surface area (Å²) in [5.41, 5.74) is 1.20. The summed E-state index contributed by atoms with van der Waals surface area (Å²) in [4.78, 5) is 13.7. The van der Waals surface area contributed by atoms with Gasteiger partial charge in [-0.25, -0.2) is 0 Å². The first-order chi connectivity index (χ1) is 8.59. The Balaban J connectivity index is 2.29. The lowest BCUT2D eigenvalue weighted by Crippen LogP contribution is -2.29. The van der Waals surface area contributed by atoms with E-state index in [-0.39, 0.29) is 11.8 Å². The van der Waals surface area contributed by atoms with Gasteiger partial charge in [0.05, 0.1) is 0 Å². The summed E-state index contributed by atoms with van der Waals surface area (Å²) >= 11 is 0. The molecular formula is C16H19NO. The second-order valence-electron chi connectivity index (χ2n) is 4.99. The van der Waals surface area contributed by atoms with Gasteiger partial charge in [-0.05, 0) is 16.3 Å². The van der Waals surface area contributed by atoms with E-state index in [0.29, 0.717) is 6.54 Å². The Bertz CT molecular complexity index is 555. The lowest BCUT2D eigenvalue weighted by molar-refractivity contribution is -0.133. The van der Waals surface area contributed by atoms with Crippen molar-refractivity contribution >= 4 is 16.7 Å². The largest absolute Gasteiger partial charge is 0.341 e. The molecule has 0 radical (unpaired) electrons. The minimum absolute atomic E-state index is 0.0463. The van der Waals surface area contributed by atoms with Crippen LogP contribution >= 0.6 is 0 Å². The number of fused-ring (bicyclic) bond motifs is 1. The van der Waals surface area contributed by atoms with Crippen LogP contribution in [0, 0.1) is 5.92 Å². The van der Waals surface area contributed by atoms with E-state index in [1.54, 1.807) is 4.90 Å². The van der Waals surface area contributed by atoms with Gasteiger partial charge in [0.2, 0.25) is 5.91 Å². The summed E-state index contributed by atoms with van der Waals surface area (Å²) in [6, 6.07) is 14.5. The monoisotopic (exact) mass is 241 g/mol. The van der Waals surface area contributed by atoms with Gasteiger partial charge in [-0.15, -0.1) is 0 Å². The zero-order valence-electron chi connectivity index (χ0n) is 11.2. The summed E-state index contributed by atoms with van der Waals surface area (Å²) in [6.07, 6.45) is 0. The van der Waals surface area contributed by atoms with E-state index in [9.17, 15) is 4.79 Å². The van der Waals surface area contributed by atoms with Crippen molar-refractivity contribution in [2.45, 2.75) is 20.4 Å². The molecular weight excluding hydrogens is 222 g/mol. The van der Waals surface area contributed by atoms with E-state index in [1.165, 1.54) is 16.3 Å². The fourth-order valence-corrected chi connectivity index (χ4v) is 2.20. The third-order valence-corrected chi connectivity index (χ3v) is 3.16. The maximum atomic E-state index is 11.9. The van der Waals surface area contributed by atoms with E-state index in [4.69, 9.17) is 0 Å². The van der Waals surface area contributed by atoms with Crippen molar-refractivity contribution in [1.82, 2.24) is 4.90 Å². The van der Waals surface area contributed by atoms with Gasteiger partial charge >= 0.3 is 0 Å². The number of carbonyl (C=O) groups excluding carboxylic acids is 1. The predicted octanol–water partition coefficient (Wildman–Crippen LogP) is 3.45. The van der Waals surface area contributed by atoms with Crippen molar-refractivity contribution in [2.24, 2.45) is 5.92 Å². The number of hydrogen-bond donors (Lipinski definition) is 0. The van der Waals surface area contributed by atoms with E-state index >= 15 is 0 Å². The van der Waals surface area contributed by atoms with Gasteiger partial charge in [0, 0.05) is 19.5 Å². The number of carbonyl (C=O) groups is 1. The highest BCUT2D eigenvalue weighted by Crippen LogP contribution is 2.20. The minimum Gasteiger partial charge on any atom is -0.341 e. The fourth-order valence-electron chi connectivity index (χ4n) is 2.20. The van der Waals surface area contributed by atoms with Crippen molar-refractivity contribution in [1.29, 1.82) is 0 Å². The first kappa shape index (κ1) is 12.6. The molecule has 94 valence electrons. The molecule has 2 rings (SSSR count). The molecule has 0 atom stereocenters. The Labute approximate surface area is 108 Å². The minimum atomic E-state index is 0.0463. The van der Waals surface area contributed by atoms with Crippen LogP contribution in [0.15, 0.2) is 42.5 Å². The van der Waals surface area contributed by atoms with Crippen LogP contribution < -0.4 is 0 Å². The average molecular weight is 241 g/mol. The van der Waals surface area contributed by atoms with Crippen LogP contribution in [0.1, 0.15) is 19.4 Å². The summed E-state index contributed by atoms with van der Waals surface area (Å²) in [6.45, 7) is 4.53. The van der Waals surface area contributed by atoms with Gasteiger partial charge in [-0.3, -0.25) is 4.79 Å². The summed E-state index contributed by atoms with van der Waals surface area (Å²) in [5.74, 6) is 0.230. The molecule has 2 aromatic carbocycles. The molecule has 0 aromatic heterocycles. The van der Waals surface area contributed by atoms with Crippen molar-refractivity contribution in [3.05, 3.63) is 48.0 Å². The molecule has 0 spiro atoms. The van der Waals surface area contributed by atoms with Gasteiger partial charge in [0.15, 0.2) is 0 Å². The third-order valence-electron chi connectivity index (χ3n) is 3.16. The van der Waals surface area contributed by atoms with Crippen LogP contribution in [0.3, 0.4) is 0 Å². The molecule has 0 unspecified atom stereocenters. The number of amides is 1. The first-order valence-electron chi connectivity index (χ1n) is 6.31. The highest BCUT2D eigenvalue weighted by Gasteiger charge is 2.13. The van der Waals surface area contributed by atoms with Crippen molar-refractivity contribution in [3.8, 4) is 0 Å². The fraction of sp³-hybridized carbons (Fsp3) is 0.312. The quantitative estimate of drug-likeness (QED) is 0.806. The topological polar surface area (TPSA) is 20.3 Å². The molecule has 2 nitrogen and oxygen atoms in total. The van der Waals surface area contributed by atoms with Crippen LogP contribution in [-0.4, -0.2) is 17.9 Å². The van der Waals surface area contributed by atoms with Crippen LogP contribution in [-0.2, 0) is 11.3 Å². The van der Waals surface area contributed by atoms with Gasteiger partial charge < -0.3 is 4.90 Å². The molecule has 0 aliphatic rings. The highest BCUT2D eigenvalue weighted by atomic mass is 16.2. The van der Waals surface area contributed by atoms with Crippen molar-refractivity contribution < 1.29 is 4.79 Å². The molecule has 0 aliphatic heterocycles. The number of rotatable bonds is 3. The Morgan fingerprint density at radius 1 is 1.11 bits per heavy atom. The molecule has 0 saturated carbocycles. The maximum absolute atomic E-state index is 11.9. The number of hydrogen-bond acceptors (Lipinski definition) is 1. The molecule has 18 heavy (non-hydrogen) atoms. The smallest absolute Gasteiger partial charge is 0.225 e. The highest BCUT2D eigenvalue weighted by molar-refractivity contribution is 5.86. The molecule has 2 aromatic rings. The summed E-state index contributed by atoms with van der Waals surface area (Å²) in [5, 5.41) is 2.45. The summed E-state index contributed by atoms with van der Waals surface area (Å²) < 4.78 is 0. The SMILES string of the molecule is CC(C)C(=O)N(C)Cc1cccc2ccccc12. The second kappa shape index (κ2) is 5.21. The zero-order valence-corrected chi connectivity index (χ0v) is 11.2. The van der Waals surface area contributed by atoms with Gasteiger partial charge in [0.1, 0.15) is 0 Å². The summed E-state index contributed by atoms with van der Waals surface area (Å²) in [7, 11) is 1.87. The number of nitrogens with zero attached hydrogens (tertiary/aromatic N) is 1. The van der Waals surface area contributed by atoms with E-state index < -0.39 is 0 Å². The third kappa shape index (κ3) is 2.53. The molecule has 2 heteroatoms. The number of benzene rings is 2. The standard InChI is InChI=1S/C16H19NO/c1-12(2)16(18)17(3)11-14-9-6-8-13-7-4-5-10-15(13)14/h4-10,12H,11H2,1-3H3. The van der Waals surface area contributed by atoms with Gasteiger partial charge in [-0.1, -0.05) is 56.3 Å². The van der Waals surface area contributed by atoms with E-state index in [0.717, 1.165) is 0 Å². The molecule has 0 aliphatic carbocycles. The Hall–Kier alpha value is -1.83. The molecule has 0 bridgehead atoms. The Morgan fingerprint density at radius 2 is 1.78 bits per heavy atom. The van der Waals surface area contributed by atoms with Crippen molar-refractivity contribution in [3.63, 3.8) is 0 Å². The first-order valence-corrected chi connectivity index (χ1v) is 6.31. The normalized spacial score (nSPS) is 10.9. The maximum Gasteiger partial charge on any atom is 0.225 e. The lowest BCUT2D eigenvalue weighted by Gasteiger charge is -2.20. The molecule has 1 amide bonds. The molecule has 0 heterocycles. The van der Waals surface area contributed by atoms with Gasteiger partial charge in [0.25, 0.3) is 0 Å². The predicted molar refractivity (Wildman–Crippen MR) is 75.3 cm³/mol. The van der Waals surface area contributed by atoms with Crippen LogP contribution in [0.25, 0.3) is 10.8 Å². The van der Waals surface area contributed by atoms with E-state index in [2.05, 4.69) is 24.3 Å². The molecule has 0 N–H and O–H groups in total. The van der Waals surface area contributed by atoms with Crippen LogP contribution in [0.2, 0.25) is 0 Å². The molecule has 0 saturated heterocycles. The Morgan fingerprint density at radius 3 is 2.50 bits per heavy atom. The zero-order chi connectivity index (χ0) is 13.1. The van der Waals surface area contributed by atoms with Gasteiger partial charge in [-0.2, -0.15) is 0 Å². The van der Waals surface area contributed by atoms with Crippen molar-refractivity contribution in [2.75, 3.05) is 7.05 Å². The van der Waals surface area contributed by atoms with E-state index in [1.807, 2.05) is 39.1 Å². The lowest BCUT2D eigenvalue weighted by atomic mass is 10.0. The Kier molecular flexibility index (Phi) is 3.66. The van der Waals surface area contributed by atoms with Crippen LogP contribution in [0.4, 0.5) is 0 Å². The average Bonchev–Trinajstić information content (AvgIpc) is 2.38. The van der Waals surface area contributed by atoms with Crippen LogP contribution in [0.5, 0.6) is 0 Å².